The first kappa shape index (κ1) is 43.1. The fraction of sp³-hybridized carbons (Fsp3) is 0. The Balaban J connectivity index is 0.977. The predicted octanol–water partition coefficient (Wildman–Crippen LogP) is 16.2. The van der Waals surface area contributed by atoms with Crippen molar-refractivity contribution >= 4 is 21.8 Å². The minimum atomic E-state index is 0.533. The van der Waals surface area contributed by atoms with Gasteiger partial charge in [0.05, 0.1) is 11.0 Å². The van der Waals surface area contributed by atoms with Crippen molar-refractivity contribution in [3.05, 3.63) is 261 Å². The Morgan fingerprint density at radius 1 is 0.219 bits per heavy atom. The van der Waals surface area contributed by atoms with E-state index < -0.39 is 0 Å². The highest BCUT2D eigenvalue weighted by Crippen LogP contribution is 2.41. The summed E-state index contributed by atoms with van der Waals surface area (Å²) >= 11 is 0. The summed E-state index contributed by atoms with van der Waals surface area (Å²) in [6.45, 7) is 0. The molecule has 3 heterocycles. The number of fused-ring (bicyclic) bond motifs is 3. The Bertz CT molecular complexity index is 4060. The molecule has 13 rings (SSSR count). The lowest BCUT2D eigenvalue weighted by molar-refractivity contribution is 0.953. The Kier molecular flexibility index (Phi) is 11.1. The molecule has 0 fully saturated rings. The number of benzene rings is 10. The summed E-state index contributed by atoms with van der Waals surface area (Å²) in [6.07, 6.45) is 0. The van der Waals surface area contributed by atoms with E-state index in [1.807, 2.05) is 97.1 Å². The molecule has 0 bridgehead atoms. The number of rotatable bonds is 10. The molecule has 0 aliphatic rings. The number of aromatic nitrogens is 7. The van der Waals surface area contributed by atoms with Gasteiger partial charge in [-0.05, 0) is 80.9 Å². The lowest BCUT2D eigenvalue weighted by atomic mass is 9.96. The van der Waals surface area contributed by atoms with Gasteiger partial charge in [0.25, 0.3) is 0 Å². The third kappa shape index (κ3) is 8.41. The fourth-order valence-electron chi connectivity index (χ4n) is 9.76. The average Bonchev–Trinajstić information content (AvgIpc) is 3.82. The molecule has 0 spiro atoms. The zero-order valence-electron chi connectivity index (χ0n) is 39.5. The van der Waals surface area contributed by atoms with E-state index in [-0.39, 0.29) is 0 Å². The van der Waals surface area contributed by atoms with E-state index in [0.717, 1.165) is 88.6 Å². The van der Waals surface area contributed by atoms with Gasteiger partial charge in [-0.25, -0.2) is 19.9 Å². The molecule has 0 aliphatic heterocycles. The third-order valence-corrected chi connectivity index (χ3v) is 13.3. The van der Waals surface area contributed by atoms with Crippen LogP contribution in [0.1, 0.15) is 0 Å². The van der Waals surface area contributed by atoms with Crippen LogP contribution in [0, 0.1) is 0 Å². The first-order chi connectivity index (χ1) is 36.2. The van der Waals surface area contributed by atoms with Gasteiger partial charge in [-0.15, -0.1) is 0 Å². The van der Waals surface area contributed by atoms with Crippen LogP contribution in [0.5, 0.6) is 0 Å². The molecule has 0 atom stereocenters. The van der Waals surface area contributed by atoms with Crippen molar-refractivity contribution in [1.82, 2.24) is 34.5 Å². The van der Waals surface area contributed by atoms with E-state index in [1.54, 1.807) is 0 Å². The Morgan fingerprint density at radius 3 is 1.05 bits per heavy atom. The van der Waals surface area contributed by atoms with Crippen LogP contribution in [0.15, 0.2) is 261 Å². The maximum absolute atomic E-state index is 5.25. The minimum absolute atomic E-state index is 0.533. The zero-order valence-corrected chi connectivity index (χ0v) is 39.5. The molecule has 0 amide bonds. The van der Waals surface area contributed by atoms with E-state index in [4.69, 9.17) is 29.9 Å². The van der Waals surface area contributed by atoms with E-state index in [2.05, 4.69) is 168 Å². The minimum Gasteiger partial charge on any atom is -0.278 e. The van der Waals surface area contributed by atoms with Gasteiger partial charge in [0.15, 0.2) is 29.1 Å². The number of hydrogen-bond acceptors (Lipinski definition) is 6. The topological polar surface area (TPSA) is 82.3 Å². The molecule has 7 nitrogen and oxygen atoms in total. The molecule has 3 aromatic heterocycles. The molecule has 0 saturated heterocycles. The molecular formula is C66H43N7. The van der Waals surface area contributed by atoms with Crippen molar-refractivity contribution in [3.8, 4) is 107 Å². The summed E-state index contributed by atoms with van der Waals surface area (Å²) in [5.41, 5.74) is 15.3. The first-order valence-electron chi connectivity index (χ1n) is 24.4. The highest BCUT2D eigenvalue weighted by Gasteiger charge is 2.22. The summed E-state index contributed by atoms with van der Waals surface area (Å²) in [5.74, 6) is 3.50. The SMILES string of the molecule is c1ccc(-c2cccc(-c3cccc(-c4nc(-c5ccccc5)nc(-c5cccc(-c6cccc7c6c6cc(-c8ccccc8)ccc6n7-c6nc(-c7ccccc7)nc(-c7ccccc7)n6)c5)n4)c3)c2)cc1. The van der Waals surface area contributed by atoms with Gasteiger partial charge >= 0.3 is 0 Å². The Labute approximate surface area is 422 Å². The monoisotopic (exact) mass is 933 g/mol. The van der Waals surface area contributed by atoms with E-state index in [9.17, 15) is 0 Å². The molecule has 73 heavy (non-hydrogen) atoms. The highest BCUT2D eigenvalue weighted by molar-refractivity contribution is 6.16. The normalized spacial score (nSPS) is 11.3. The largest absolute Gasteiger partial charge is 0.278 e. The van der Waals surface area contributed by atoms with Crippen LogP contribution in [-0.4, -0.2) is 34.5 Å². The molecular weight excluding hydrogens is 891 g/mol. The second-order valence-electron chi connectivity index (χ2n) is 17.9. The summed E-state index contributed by atoms with van der Waals surface area (Å²) in [4.78, 5) is 31.1. The van der Waals surface area contributed by atoms with Crippen molar-refractivity contribution in [2.75, 3.05) is 0 Å². The first-order valence-corrected chi connectivity index (χ1v) is 24.4. The van der Waals surface area contributed by atoms with Gasteiger partial charge in [0.1, 0.15) is 0 Å². The smallest absolute Gasteiger partial charge is 0.238 e. The summed E-state index contributed by atoms with van der Waals surface area (Å²) in [7, 11) is 0. The third-order valence-electron chi connectivity index (χ3n) is 13.3. The van der Waals surface area contributed by atoms with Crippen molar-refractivity contribution < 1.29 is 0 Å². The maximum Gasteiger partial charge on any atom is 0.238 e. The van der Waals surface area contributed by atoms with Crippen LogP contribution < -0.4 is 0 Å². The average molecular weight is 934 g/mol. The lowest BCUT2D eigenvalue weighted by Crippen LogP contribution is -2.06. The maximum atomic E-state index is 5.25. The number of nitrogens with zero attached hydrogens (tertiary/aromatic N) is 7. The molecule has 0 aliphatic carbocycles. The highest BCUT2D eigenvalue weighted by atomic mass is 15.2. The Morgan fingerprint density at radius 2 is 0.562 bits per heavy atom. The molecule has 10 aromatic carbocycles. The zero-order chi connectivity index (χ0) is 48.5. The van der Waals surface area contributed by atoms with E-state index in [1.165, 1.54) is 5.56 Å². The molecule has 13 aromatic rings. The summed E-state index contributed by atoms with van der Waals surface area (Å²) in [6, 6.07) is 90.2. The molecule has 7 heteroatoms. The molecule has 0 N–H and O–H groups in total. The summed E-state index contributed by atoms with van der Waals surface area (Å²) in [5, 5.41) is 2.15. The van der Waals surface area contributed by atoms with Gasteiger partial charge in [-0.2, -0.15) is 9.97 Å². The van der Waals surface area contributed by atoms with Crippen LogP contribution in [0.2, 0.25) is 0 Å². The standard InChI is InChI=1S/C66H43N7/c1-6-20-44(21-7-1)49-30-16-31-50(40-49)51-32-17-34-54(41-51)64-67-61(46-24-10-3-11-25-46)68-65(70-64)55-35-18-33-53(42-55)56-36-19-37-59-60(56)57-43-52(45-22-8-2-9-23-45)38-39-58(57)73(59)66-71-62(47-26-12-4-13-27-47)69-63(72-66)48-28-14-5-15-29-48/h1-43H. The second-order valence-corrected chi connectivity index (χ2v) is 17.9. The van der Waals surface area contributed by atoms with E-state index >= 15 is 0 Å². The molecule has 0 radical (unpaired) electrons. The van der Waals surface area contributed by atoms with Gasteiger partial charge in [0, 0.05) is 38.6 Å². The van der Waals surface area contributed by atoms with E-state index in [0.29, 0.717) is 35.1 Å². The Hall–Kier alpha value is -9.98. The lowest BCUT2D eigenvalue weighted by Gasteiger charge is -2.12. The van der Waals surface area contributed by atoms with Crippen molar-refractivity contribution in [1.29, 1.82) is 0 Å². The van der Waals surface area contributed by atoms with Gasteiger partial charge < -0.3 is 0 Å². The van der Waals surface area contributed by atoms with Crippen LogP contribution in [0.25, 0.3) is 129 Å². The van der Waals surface area contributed by atoms with Crippen molar-refractivity contribution in [3.63, 3.8) is 0 Å². The number of hydrogen-bond donors (Lipinski definition) is 0. The van der Waals surface area contributed by atoms with Crippen LogP contribution in [-0.2, 0) is 0 Å². The van der Waals surface area contributed by atoms with Crippen LogP contribution >= 0.6 is 0 Å². The molecule has 342 valence electrons. The summed E-state index contributed by atoms with van der Waals surface area (Å²) < 4.78 is 2.18. The predicted molar refractivity (Wildman–Crippen MR) is 296 cm³/mol. The van der Waals surface area contributed by atoms with Crippen molar-refractivity contribution in [2.45, 2.75) is 0 Å². The van der Waals surface area contributed by atoms with Crippen LogP contribution in [0.3, 0.4) is 0 Å². The van der Waals surface area contributed by atoms with Gasteiger partial charge in [-0.3, -0.25) is 4.57 Å². The van der Waals surface area contributed by atoms with Crippen molar-refractivity contribution in [2.24, 2.45) is 0 Å². The molecule has 0 saturated carbocycles. The van der Waals surface area contributed by atoms with Gasteiger partial charge in [0.2, 0.25) is 5.95 Å². The quantitative estimate of drug-likeness (QED) is 0.136. The molecule has 0 unspecified atom stereocenters. The van der Waals surface area contributed by atoms with Gasteiger partial charge in [-0.1, -0.05) is 224 Å². The fourth-order valence-corrected chi connectivity index (χ4v) is 9.76. The van der Waals surface area contributed by atoms with Crippen LogP contribution in [0.4, 0.5) is 0 Å². The second kappa shape index (κ2) is 18.7.